The number of pyridine rings is 1. The molecular formula is C24H27N5. The molecule has 1 aromatic carbocycles. The highest BCUT2D eigenvalue weighted by molar-refractivity contribution is 5.86. The van der Waals surface area contributed by atoms with E-state index in [1.165, 1.54) is 22.4 Å². The highest BCUT2D eigenvalue weighted by Crippen LogP contribution is 2.31. The quantitative estimate of drug-likeness (QED) is 0.661. The van der Waals surface area contributed by atoms with Crippen LogP contribution in [0, 0.1) is 13.8 Å². The molecule has 4 rings (SSSR count). The maximum atomic E-state index is 4.87. The Labute approximate surface area is 171 Å². The molecule has 148 valence electrons. The van der Waals surface area contributed by atoms with Crippen molar-refractivity contribution in [3.8, 4) is 0 Å². The number of rotatable bonds is 5. The molecule has 1 aliphatic heterocycles. The van der Waals surface area contributed by atoms with E-state index in [0.717, 1.165) is 36.3 Å². The summed E-state index contributed by atoms with van der Waals surface area (Å²) in [6.45, 7) is 7.15. The van der Waals surface area contributed by atoms with Gasteiger partial charge in [0, 0.05) is 55.2 Å². The minimum absolute atomic E-state index is 0.202. The maximum Gasteiger partial charge on any atom is 0.152 e. The largest absolute Gasteiger partial charge is 0.266 e. The van der Waals surface area contributed by atoms with Gasteiger partial charge in [0.25, 0.3) is 0 Å². The summed E-state index contributed by atoms with van der Waals surface area (Å²) in [5.74, 6) is 1.16. The Morgan fingerprint density at radius 3 is 2.69 bits per heavy atom. The molecule has 5 heteroatoms. The third-order valence-corrected chi connectivity index (χ3v) is 5.57. The molecule has 0 saturated heterocycles. The van der Waals surface area contributed by atoms with Crippen molar-refractivity contribution in [2.45, 2.75) is 46.0 Å². The van der Waals surface area contributed by atoms with Crippen molar-refractivity contribution in [2.75, 3.05) is 6.54 Å². The first kappa shape index (κ1) is 19.2. The average Bonchev–Trinajstić information content (AvgIpc) is 2.76. The van der Waals surface area contributed by atoms with Gasteiger partial charge in [-0.2, -0.15) is 5.10 Å². The van der Waals surface area contributed by atoms with Crippen LogP contribution in [0.3, 0.4) is 0 Å². The Morgan fingerprint density at radius 1 is 1.03 bits per heavy atom. The van der Waals surface area contributed by atoms with Crippen molar-refractivity contribution in [2.24, 2.45) is 10.1 Å². The van der Waals surface area contributed by atoms with E-state index in [9.17, 15) is 0 Å². The van der Waals surface area contributed by atoms with Gasteiger partial charge < -0.3 is 0 Å². The van der Waals surface area contributed by atoms with E-state index in [0.29, 0.717) is 6.54 Å². The average molecular weight is 386 g/mol. The summed E-state index contributed by atoms with van der Waals surface area (Å²) < 4.78 is 1.95. The Balaban J connectivity index is 1.71. The lowest BCUT2D eigenvalue weighted by Gasteiger charge is -2.25. The minimum Gasteiger partial charge on any atom is -0.266 e. The van der Waals surface area contributed by atoms with E-state index in [1.54, 1.807) is 0 Å². The van der Waals surface area contributed by atoms with Crippen LogP contribution < -0.4 is 5.49 Å². The molecule has 0 bridgehead atoms. The topological polar surface area (TPSA) is 55.4 Å². The van der Waals surface area contributed by atoms with Crippen LogP contribution in [-0.4, -0.2) is 26.9 Å². The van der Waals surface area contributed by atoms with Crippen LogP contribution in [0.5, 0.6) is 0 Å². The predicted octanol–water partition coefficient (Wildman–Crippen LogP) is 4.19. The fraction of sp³-hybridized carbons (Fsp3) is 0.333. The van der Waals surface area contributed by atoms with Crippen LogP contribution in [-0.2, 0) is 6.42 Å². The second-order valence-electron chi connectivity index (χ2n) is 7.55. The monoisotopic (exact) mass is 385 g/mol. The van der Waals surface area contributed by atoms with Gasteiger partial charge in [0.15, 0.2) is 5.49 Å². The van der Waals surface area contributed by atoms with E-state index in [1.807, 2.05) is 41.3 Å². The number of aromatic nitrogens is 3. The zero-order valence-electron chi connectivity index (χ0n) is 17.3. The van der Waals surface area contributed by atoms with Crippen molar-refractivity contribution in [3.05, 3.63) is 88.6 Å². The number of hydrogen-bond donors (Lipinski definition) is 0. The predicted molar refractivity (Wildman–Crippen MR) is 116 cm³/mol. The molecule has 3 heterocycles. The van der Waals surface area contributed by atoms with E-state index >= 15 is 0 Å². The lowest BCUT2D eigenvalue weighted by Crippen LogP contribution is -2.30. The van der Waals surface area contributed by atoms with Gasteiger partial charge in [0.1, 0.15) is 5.82 Å². The molecule has 2 aromatic heterocycles. The van der Waals surface area contributed by atoms with Crippen molar-refractivity contribution in [1.29, 1.82) is 0 Å². The Kier molecular flexibility index (Phi) is 5.65. The van der Waals surface area contributed by atoms with Crippen molar-refractivity contribution < 1.29 is 0 Å². The molecule has 5 nitrogen and oxygen atoms in total. The first-order valence-corrected chi connectivity index (χ1v) is 10.3. The highest BCUT2D eigenvalue weighted by Gasteiger charge is 2.25. The summed E-state index contributed by atoms with van der Waals surface area (Å²) in [4.78, 5) is 13.9. The molecule has 29 heavy (non-hydrogen) atoms. The molecule has 0 saturated carbocycles. The Hall–Kier alpha value is -3.08. The zero-order chi connectivity index (χ0) is 20.2. The van der Waals surface area contributed by atoms with Crippen molar-refractivity contribution in [1.82, 2.24) is 14.6 Å². The van der Waals surface area contributed by atoms with Crippen molar-refractivity contribution in [3.63, 3.8) is 0 Å². The van der Waals surface area contributed by atoms with Crippen LogP contribution in [0.1, 0.15) is 53.9 Å². The standard InChI is InChI=1S/C24H27N5/c1-4-20-16-22(19-9-8-17(2)18(3)15-19)24-27-14-11-23(29(24)28-20)26-13-10-21-7-5-6-12-25-21/h5-9,11-12,14-15,22H,4,10,13,16H2,1-3H3. The third-order valence-electron chi connectivity index (χ3n) is 5.57. The van der Waals surface area contributed by atoms with E-state index in [4.69, 9.17) is 15.1 Å². The smallest absolute Gasteiger partial charge is 0.152 e. The summed E-state index contributed by atoms with van der Waals surface area (Å²) in [7, 11) is 0. The Morgan fingerprint density at radius 2 is 1.93 bits per heavy atom. The summed E-state index contributed by atoms with van der Waals surface area (Å²) in [6, 6.07) is 14.6. The molecule has 0 N–H and O–H groups in total. The second-order valence-corrected chi connectivity index (χ2v) is 7.55. The summed E-state index contributed by atoms with van der Waals surface area (Å²) in [5.41, 5.74) is 7.00. The molecule has 0 amide bonds. The molecule has 1 atom stereocenters. The fourth-order valence-corrected chi connectivity index (χ4v) is 3.69. The summed E-state index contributed by atoms with van der Waals surface area (Å²) >= 11 is 0. The second kappa shape index (κ2) is 8.52. The number of aryl methyl sites for hydroxylation is 2. The molecule has 0 fully saturated rings. The van der Waals surface area contributed by atoms with Crippen molar-refractivity contribution >= 4 is 5.71 Å². The first-order chi connectivity index (χ1) is 14.2. The molecule has 0 spiro atoms. The van der Waals surface area contributed by atoms with E-state index in [2.05, 4.69) is 44.0 Å². The van der Waals surface area contributed by atoms with Crippen LogP contribution >= 0.6 is 0 Å². The summed E-state index contributed by atoms with van der Waals surface area (Å²) in [6.07, 6.45) is 6.32. The Bertz CT molecular complexity index is 1100. The van der Waals surface area contributed by atoms with Gasteiger partial charge >= 0.3 is 0 Å². The van der Waals surface area contributed by atoms with Gasteiger partial charge in [0.05, 0.1) is 0 Å². The fourth-order valence-electron chi connectivity index (χ4n) is 3.69. The third kappa shape index (κ3) is 4.19. The zero-order valence-corrected chi connectivity index (χ0v) is 17.3. The number of fused-ring (bicyclic) bond motifs is 1. The molecule has 0 radical (unpaired) electrons. The van der Waals surface area contributed by atoms with E-state index < -0.39 is 0 Å². The number of nitrogens with zero attached hydrogens (tertiary/aromatic N) is 5. The van der Waals surface area contributed by atoms with Crippen LogP contribution in [0.2, 0.25) is 0 Å². The van der Waals surface area contributed by atoms with Gasteiger partial charge in [-0.3, -0.25) is 9.98 Å². The lowest BCUT2D eigenvalue weighted by molar-refractivity contribution is 0.604. The minimum atomic E-state index is 0.202. The normalized spacial score (nSPS) is 16.4. The van der Waals surface area contributed by atoms with Crippen LogP contribution in [0.25, 0.3) is 0 Å². The SMILES string of the molecule is CCC1=Nn2c(nccc2=NCCc2ccccn2)C(c2ccc(C)c(C)c2)C1. The lowest BCUT2D eigenvalue weighted by atomic mass is 9.89. The first-order valence-electron chi connectivity index (χ1n) is 10.3. The van der Waals surface area contributed by atoms with Gasteiger partial charge in [-0.15, -0.1) is 0 Å². The van der Waals surface area contributed by atoms with Gasteiger partial charge in [-0.05, 0) is 49.1 Å². The van der Waals surface area contributed by atoms with Crippen LogP contribution in [0.15, 0.2) is 65.0 Å². The molecule has 0 aliphatic carbocycles. The van der Waals surface area contributed by atoms with Gasteiger partial charge in [-0.1, -0.05) is 31.2 Å². The highest BCUT2D eigenvalue weighted by atomic mass is 15.4. The van der Waals surface area contributed by atoms with Crippen LogP contribution in [0.4, 0.5) is 0 Å². The molecule has 1 unspecified atom stereocenters. The molecule has 3 aromatic rings. The molecule has 1 aliphatic rings. The van der Waals surface area contributed by atoms with E-state index in [-0.39, 0.29) is 5.92 Å². The maximum absolute atomic E-state index is 4.87. The number of benzene rings is 1. The summed E-state index contributed by atoms with van der Waals surface area (Å²) in [5, 5.41) is 4.87. The molecular weight excluding hydrogens is 358 g/mol. The van der Waals surface area contributed by atoms with Gasteiger partial charge in [0.2, 0.25) is 0 Å². The van der Waals surface area contributed by atoms with Gasteiger partial charge in [-0.25, -0.2) is 9.66 Å². The number of hydrogen-bond acceptors (Lipinski definition) is 4.